The number of hydrogen-bond donors (Lipinski definition) is 0. The second-order valence-electron chi connectivity index (χ2n) is 7.37. The largest absolute Gasteiger partial charge is 0.491 e. The number of thiophene rings is 1. The van der Waals surface area contributed by atoms with E-state index in [9.17, 15) is 18.0 Å². The van der Waals surface area contributed by atoms with Crippen molar-refractivity contribution in [1.82, 2.24) is 4.31 Å². The molecule has 1 atom stereocenters. The first kappa shape index (κ1) is 22.5. The molecule has 30 heavy (non-hydrogen) atoms. The third-order valence-corrected chi connectivity index (χ3v) is 7.79. The van der Waals surface area contributed by atoms with Crippen LogP contribution in [0.5, 0.6) is 5.75 Å². The van der Waals surface area contributed by atoms with Crippen LogP contribution < -0.4 is 4.74 Å². The zero-order chi connectivity index (χ0) is 21.9. The minimum absolute atomic E-state index is 0.0136. The normalized spacial score (nSPS) is 17.7. The van der Waals surface area contributed by atoms with Gasteiger partial charge in [-0.2, -0.15) is 4.31 Å². The maximum absolute atomic E-state index is 13.2. The van der Waals surface area contributed by atoms with Gasteiger partial charge >= 0.3 is 5.97 Å². The van der Waals surface area contributed by atoms with Gasteiger partial charge in [0.2, 0.25) is 10.0 Å². The van der Waals surface area contributed by atoms with Crippen LogP contribution in [0.2, 0.25) is 0 Å². The summed E-state index contributed by atoms with van der Waals surface area (Å²) in [6, 6.07) is 8.38. The molecule has 2 heterocycles. The van der Waals surface area contributed by atoms with Crippen LogP contribution in [-0.2, 0) is 14.8 Å². The molecule has 0 N–H and O–H groups in total. The number of Topliss-reactive ketones (excluding diaryl/α,β-unsaturated/α-hetero) is 1. The van der Waals surface area contributed by atoms with Crippen molar-refractivity contribution in [2.24, 2.45) is 5.92 Å². The van der Waals surface area contributed by atoms with Crippen molar-refractivity contribution in [3.63, 3.8) is 0 Å². The first-order valence-electron chi connectivity index (χ1n) is 9.71. The molecule has 7 nitrogen and oxygen atoms in total. The molecule has 0 saturated carbocycles. The Morgan fingerprint density at radius 1 is 1.23 bits per heavy atom. The number of sulfonamides is 1. The quantitative estimate of drug-likeness (QED) is 0.472. The van der Waals surface area contributed by atoms with Gasteiger partial charge < -0.3 is 9.47 Å². The van der Waals surface area contributed by atoms with Crippen molar-refractivity contribution in [3.8, 4) is 5.75 Å². The fourth-order valence-corrected chi connectivity index (χ4v) is 6.32. The van der Waals surface area contributed by atoms with E-state index in [-0.39, 0.29) is 28.2 Å². The van der Waals surface area contributed by atoms with E-state index in [1.165, 1.54) is 17.5 Å². The summed E-state index contributed by atoms with van der Waals surface area (Å²) in [6.07, 6.45) is 1.16. The van der Waals surface area contributed by atoms with Crippen molar-refractivity contribution >= 4 is 33.1 Å². The molecule has 0 bridgehead atoms. The minimum Gasteiger partial charge on any atom is -0.491 e. The van der Waals surface area contributed by atoms with Gasteiger partial charge in [-0.3, -0.25) is 4.79 Å². The highest BCUT2D eigenvalue weighted by molar-refractivity contribution is 7.89. The number of rotatable bonds is 7. The van der Waals surface area contributed by atoms with Gasteiger partial charge in [-0.15, -0.1) is 11.3 Å². The summed E-state index contributed by atoms with van der Waals surface area (Å²) >= 11 is 1.02. The average molecular weight is 452 g/mol. The van der Waals surface area contributed by atoms with Crippen LogP contribution in [0.25, 0.3) is 0 Å². The molecule has 1 aliphatic rings. The van der Waals surface area contributed by atoms with E-state index in [0.717, 1.165) is 11.3 Å². The predicted octanol–water partition coefficient (Wildman–Crippen LogP) is 3.61. The summed E-state index contributed by atoms with van der Waals surface area (Å²) in [5.41, 5.74) is 0.503. The summed E-state index contributed by atoms with van der Waals surface area (Å²) in [6.45, 7) is 4.20. The van der Waals surface area contributed by atoms with Crippen LogP contribution in [0.4, 0.5) is 0 Å². The zero-order valence-electron chi connectivity index (χ0n) is 17.2. The number of ketones is 1. The van der Waals surface area contributed by atoms with Gasteiger partial charge in [0.05, 0.1) is 13.2 Å². The molecule has 0 amide bonds. The zero-order valence-corrected chi connectivity index (χ0v) is 18.8. The Morgan fingerprint density at radius 3 is 2.70 bits per heavy atom. The third-order valence-electron chi connectivity index (χ3n) is 4.86. The summed E-state index contributed by atoms with van der Waals surface area (Å²) in [5.74, 6) is -0.641. The first-order chi connectivity index (χ1) is 14.2. The number of ether oxygens (including phenoxy) is 2. The Bertz CT molecular complexity index is 1030. The number of benzene rings is 1. The average Bonchev–Trinajstić information content (AvgIpc) is 3.23. The molecule has 0 aliphatic carbocycles. The second-order valence-corrected chi connectivity index (χ2v) is 10.2. The van der Waals surface area contributed by atoms with Gasteiger partial charge in [-0.25, -0.2) is 13.2 Å². The highest BCUT2D eigenvalue weighted by atomic mass is 32.2. The Kier molecular flexibility index (Phi) is 6.95. The molecule has 0 spiro atoms. The van der Waals surface area contributed by atoms with Crippen molar-refractivity contribution in [3.05, 3.63) is 46.2 Å². The maximum atomic E-state index is 13.2. The van der Waals surface area contributed by atoms with Crippen LogP contribution in [0.3, 0.4) is 0 Å². The van der Waals surface area contributed by atoms with E-state index in [2.05, 4.69) is 0 Å². The van der Waals surface area contributed by atoms with Gasteiger partial charge in [-0.05, 0) is 50.3 Å². The Morgan fingerprint density at radius 2 is 2.00 bits per heavy atom. The number of methoxy groups -OCH3 is 1. The molecular formula is C21H25NO6S2. The van der Waals surface area contributed by atoms with Crippen LogP contribution in [0.15, 0.2) is 40.6 Å². The maximum Gasteiger partial charge on any atom is 0.349 e. The predicted molar refractivity (Wildman–Crippen MR) is 114 cm³/mol. The number of hydrogen-bond acceptors (Lipinski definition) is 7. The third kappa shape index (κ3) is 4.74. The number of piperidine rings is 1. The van der Waals surface area contributed by atoms with Crippen molar-refractivity contribution in [2.45, 2.75) is 37.7 Å². The molecule has 9 heteroatoms. The first-order valence-corrected chi connectivity index (χ1v) is 12.0. The number of carbonyl (C=O) groups excluding carboxylic acids is 2. The Hall–Kier alpha value is -2.23. The SMILES string of the molecule is COC(=O)c1sccc1S(=O)(=O)N1CCC[C@H](C(=O)c2cccc(OC(C)C)c2)C1. The lowest BCUT2D eigenvalue weighted by atomic mass is 9.91. The van der Waals surface area contributed by atoms with Crippen LogP contribution in [0.1, 0.15) is 46.7 Å². The summed E-state index contributed by atoms with van der Waals surface area (Å²) in [5, 5.41) is 1.55. The Labute approximate surface area is 180 Å². The van der Waals surface area contributed by atoms with E-state index in [4.69, 9.17) is 9.47 Å². The molecule has 1 saturated heterocycles. The molecule has 1 aromatic carbocycles. The molecule has 1 aliphatic heterocycles. The number of esters is 1. The van der Waals surface area contributed by atoms with E-state index in [0.29, 0.717) is 30.7 Å². The fraction of sp³-hybridized carbons (Fsp3) is 0.429. The standard InChI is InChI=1S/C21H25NO6S2/c1-14(2)28-17-8-4-6-15(12-17)19(23)16-7-5-10-22(13-16)30(25,26)18-9-11-29-20(18)21(24)27-3/h4,6,8-9,11-12,14,16H,5,7,10,13H2,1-3H3/t16-/m0/s1. The highest BCUT2D eigenvalue weighted by Crippen LogP contribution is 2.30. The lowest BCUT2D eigenvalue weighted by molar-refractivity contribution is 0.0601. The smallest absolute Gasteiger partial charge is 0.349 e. The second kappa shape index (κ2) is 9.28. The lowest BCUT2D eigenvalue weighted by Gasteiger charge is -2.31. The summed E-state index contributed by atoms with van der Waals surface area (Å²) < 4.78 is 38.0. The fourth-order valence-electron chi connectivity index (χ4n) is 3.49. The van der Waals surface area contributed by atoms with Crippen molar-refractivity contribution in [1.29, 1.82) is 0 Å². The van der Waals surface area contributed by atoms with Gasteiger partial charge in [0.15, 0.2) is 5.78 Å². The molecular weight excluding hydrogens is 426 g/mol. The highest BCUT2D eigenvalue weighted by Gasteiger charge is 2.36. The Balaban J connectivity index is 1.81. The topological polar surface area (TPSA) is 90.0 Å². The molecule has 0 radical (unpaired) electrons. The summed E-state index contributed by atoms with van der Waals surface area (Å²) in [7, 11) is -2.70. The van der Waals surface area contributed by atoms with Gasteiger partial charge in [0.25, 0.3) is 0 Å². The van der Waals surface area contributed by atoms with Gasteiger partial charge in [-0.1, -0.05) is 12.1 Å². The number of carbonyl (C=O) groups is 2. The summed E-state index contributed by atoms with van der Waals surface area (Å²) in [4.78, 5) is 25.0. The van der Waals surface area contributed by atoms with E-state index >= 15 is 0 Å². The number of nitrogens with zero attached hydrogens (tertiary/aromatic N) is 1. The monoisotopic (exact) mass is 451 g/mol. The molecule has 1 fully saturated rings. The lowest BCUT2D eigenvalue weighted by Crippen LogP contribution is -2.42. The molecule has 3 rings (SSSR count). The van der Waals surface area contributed by atoms with E-state index in [1.54, 1.807) is 29.6 Å². The molecule has 0 unspecified atom stereocenters. The van der Waals surface area contributed by atoms with Gasteiger partial charge in [0, 0.05) is 24.6 Å². The molecule has 2 aromatic rings. The minimum atomic E-state index is -3.91. The van der Waals surface area contributed by atoms with Crippen molar-refractivity contribution in [2.75, 3.05) is 20.2 Å². The van der Waals surface area contributed by atoms with Crippen LogP contribution in [-0.4, -0.2) is 50.8 Å². The van der Waals surface area contributed by atoms with Gasteiger partial charge in [0.1, 0.15) is 15.5 Å². The van der Waals surface area contributed by atoms with E-state index < -0.39 is 21.9 Å². The van der Waals surface area contributed by atoms with Crippen LogP contribution in [0, 0.1) is 5.92 Å². The molecule has 162 valence electrons. The van der Waals surface area contributed by atoms with E-state index in [1.807, 2.05) is 13.8 Å². The molecule has 1 aromatic heterocycles. The van der Waals surface area contributed by atoms with Crippen molar-refractivity contribution < 1.29 is 27.5 Å². The van der Waals surface area contributed by atoms with Crippen LogP contribution >= 0.6 is 11.3 Å².